The van der Waals surface area contributed by atoms with Gasteiger partial charge in [-0.25, -0.2) is 0 Å². The van der Waals surface area contributed by atoms with Crippen molar-refractivity contribution in [3.8, 4) is 5.75 Å². The fraction of sp³-hybridized carbons (Fsp3) is 0.154. The van der Waals surface area contributed by atoms with E-state index in [4.69, 9.17) is 9.15 Å². The zero-order chi connectivity index (χ0) is 12.3. The van der Waals surface area contributed by atoms with Crippen LogP contribution in [-0.2, 0) is 0 Å². The summed E-state index contributed by atoms with van der Waals surface area (Å²) in [5, 5.41) is 2.73. The lowest BCUT2D eigenvalue weighted by molar-refractivity contribution is 0.0996. The van der Waals surface area contributed by atoms with Gasteiger partial charge in [0, 0.05) is 0 Å². The number of amides is 1. The van der Waals surface area contributed by atoms with Gasteiger partial charge in [-0.3, -0.25) is 4.79 Å². The van der Waals surface area contributed by atoms with E-state index < -0.39 is 0 Å². The number of nitrogens with one attached hydrogen (secondary N) is 1. The molecule has 0 aliphatic carbocycles. The minimum absolute atomic E-state index is 0.286. The van der Waals surface area contributed by atoms with Crippen molar-refractivity contribution in [1.82, 2.24) is 0 Å². The predicted molar refractivity (Wildman–Crippen MR) is 64.4 cm³/mol. The molecule has 1 N–H and O–H groups in total. The summed E-state index contributed by atoms with van der Waals surface area (Å²) in [5.74, 6) is 0.611. The van der Waals surface area contributed by atoms with E-state index in [-0.39, 0.29) is 11.7 Å². The molecule has 88 valence electrons. The monoisotopic (exact) mass is 231 g/mol. The van der Waals surface area contributed by atoms with Crippen molar-refractivity contribution >= 4 is 11.6 Å². The Hall–Kier alpha value is -2.23. The molecule has 1 aromatic carbocycles. The summed E-state index contributed by atoms with van der Waals surface area (Å²) in [5.41, 5.74) is 1.53. The molecule has 0 radical (unpaired) electrons. The number of ether oxygens (including phenoxy) is 1. The summed E-state index contributed by atoms with van der Waals surface area (Å²) in [6.45, 7) is 1.86. The van der Waals surface area contributed by atoms with Gasteiger partial charge < -0.3 is 14.5 Å². The maximum Gasteiger partial charge on any atom is 0.291 e. The lowest BCUT2D eigenvalue weighted by Gasteiger charge is -2.08. The summed E-state index contributed by atoms with van der Waals surface area (Å²) in [6.07, 6.45) is 1.54. The molecule has 0 bridgehead atoms. The molecule has 4 nitrogen and oxygen atoms in total. The smallest absolute Gasteiger partial charge is 0.291 e. The molecule has 0 unspecified atom stereocenters. The fourth-order valence-corrected chi connectivity index (χ4v) is 1.48. The second-order valence-corrected chi connectivity index (χ2v) is 3.64. The number of methoxy groups -OCH3 is 1. The summed E-state index contributed by atoms with van der Waals surface area (Å²) in [7, 11) is 1.56. The number of hydrogen-bond donors (Lipinski definition) is 1. The molecule has 17 heavy (non-hydrogen) atoms. The molecule has 0 aliphatic rings. The first-order valence-corrected chi connectivity index (χ1v) is 5.20. The van der Waals surface area contributed by atoms with Crippen LogP contribution < -0.4 is 10.1 Å². The van der Waals surface area contributed by atoms with Crippen LogP contribution in [0.2, 0.25) is 0 Å². The van der Waals surface area contributed by atoms with E-state index in [1.165, 1.54) is 6.26 Å². The molecule has 2 rings (SSSR count). The van der Waals surface area contributed by atoms with Crippen LogP contribution in [-0.4, -0.2) is 13.0 Å². The number of benzene rings is 1. The van der Waals surface area contributed by atoms with Gasteiger partial charge in [0.1, 0.15) is 5.75 Å². The molecule has 0 saturated heterocycles. The lowest BCUT2D eigenvalue weighted by atomic mass is 10.2. The van der Waals surface area contributed by atoms with Crippen LogP contribution in [0.25, 0.3) is 0 Å². The SMILES string of the molecule is COc1ccccc1NC(=O)c1cc(C)co1. The average molecular weight is 231 g/mol. The van der Waals surface area contributed by atoms with Crippen LogP contribution in [0.5, 0.6) is 5.75 Å². The van der Waals surface area contributed by atoms with E-state index in [2.05, 4.69) is 5.32 Å². The first kappa shape index (κ1) is 11.3. The van der Waals surface area contributed by atoms with E-state index in [0.717, 1.165) is 5.56 Å². The minimum atomic E-state index is -0.289. The number of carbonyl (C=O) groups excluding carboxylic acids is 1. The second kappa shape index (κ2) is 4.74. The van der Waals surface area contributed by atoms with Crippen molar-refractivity contribution in [2.45, 2.75) is 6.92 Å². The molecule has 0 spiro atoms. The number of rotatable bonds is 3. The van der Waals surface area contributed by atoms with E-state index in [0.29, 0.717) is 11.4 Å². The Balaban J connectivity index is 2.18. The molecule has 0 aliphatic heterocycles. The van der Waals surface area contributed by atoms with E-state index in [1.54, 1.807) is 25.3 Å². The summed E-state index contributed by atoms with van der Waals surface area (Å²) < 4.78 is 10.3. The van der Waals surface area contributed by atoms with Crippen LogP contribution in [0, 0.1) is 6.92 Å². The van der Waals surface area contributed by atoms with Crippen LogP contribution >= 0.6 is 0 Å². The highest BCUT2D eigenvalue weighted by Crippen LogP contribution is 2.23. The van der Waals surface area contributed by atoms with Gasteiger partial charge in [0.25, 0.3) is 5.91 Å². The highest BCUT2D eigenvalue weighted by molar-refractivity contribution is 6.03. The largest absolute Gasteiger partial charge is 0.495 e. The summed E-state index contributed by atoms with van der Waals surface area (Å²) in [4.78, 5) is 11.8. The van der Waals surface area contributed by atoms with E-state index in [1.807, 2.05) is 19.1 Å². The van der Waals surface area contributed by atoms with Crippen molar-refractivity contribution in [3.63, 3.8) is 0 Å². The lowest BCUT2D eigenvalue weighted by Crippen LogP contribution is -2.11. The van der Waals surface area contributed by atoms with Crippen LogP contribution in [0.3, 0.4) is 0 Å². The molecule has 0 atom stereocenters. The molecular formula is C13H13NO3. The first-order valence-electron chi connectivity index (χ1n) is 5.20. The number of aryl methyl sites for hydroxylation is 1. The molecule has 4 heteroatoms. The van der Waals surface area contributed by atoms with E-state index >= 15 is 0 Å². The zero-order valence-electron chi connectivity index (χ0n) is 9.69. The maximum absolute atomic E-state index is 11.8. The van der Waals surface area contributed by atoms with Gasteiger partial charge >= 0.3 is 0 Å². The first-order chi connectivity index (χ1) is 8.20. The third kappa shape index (κ3) is 2.47. The topological polar surface area (TPSA) is 51.5 Å². The molecular weight excluding hydrogens is 218 g/mol. The molecule has 2 aromatic rings. The van der Waals surface area contributed by atoms with Gasteiger partial charge in [-0.15, -0.1) is 0 Å². The van der Waals surface area contributed by atoms with Gasteiger partial charge in [-0.05, 0) is 30.7 Å². The molecule has 0 fully saturated rings. The number of carbonyl (C=O) groups is 1. The van der Waals surface area contributed by atoms with Crippen LogP contribution in [0.15, 0.2) is 41.0 Å². The second-order valence-electron chi connectivity index (χ2n) is 3.64. The Morgan fingerprint density at radius 2 is 2.12 bits per heavy atom. The Bertz CT molecular complexity index is 531. The van der Waals surface area contributed by atoms with Crippen molar-refractivity contribution in [2.24, 2.45) is 0 Å². The fourth-order valence-electron chi connectivity index (χ4n) is 1.48. The van der Waals surface area contributed by atoms with Crippen LogP contribution in [0.4, 0.5) is 5.69 Å². The number of anilines is 1. The van der Waals surface area contributed by atoms with Crippen molar-refractivity contribution < 1.29 is 13.9 Å². The van der Waals surface area contributed by atoms with E-state index in [9.17, 15) is 4.79 Å². The summed E-state index contributed by atoms with van der Waals surface area (Å²) in [6, 6.07) is 8.90. The Morgan fingerprint density at radius 1 is 1.35 bits per heavy atom. The predicted octanol–water partition coefficient (Wildman–Crippen LogP) is 2.85. The normalized spacial score (nSPS) is 10.0. The van der Waals surface area contributed by atoms with Gasteiger partial charge in [0.15, 0.2) is 5.76 Å². The molecule has 1 amide bonds. The van der Waals surface area contributed by atoms with Gasteiger partial charge in [0.2, 0.25) is 0 Å². The standard InChI is InChI=1S/C13H13NO3/c1-9-7-12(17-8-9)13(15)14-10-5-3-4-6-11(10)16-2/h3-8H,1-2H3,(H,14,15). The Morgan fingerprint density at radius 3 is 2.76 bits per heavy atom. The number of hydrogen-bond acceptors (Lipinski definition) is 3. The van der Waals surface area contributed by atoms with Crippen molar-refractivity contribution in [2.75, 3.05) is 12.4 Å². The Kier molecular flexibility index (Phi) is 3.14. The summed E-state index contributed by atoms with van der Waals surface area (Å²) >= 11 is 0. The van der Waals surface area contributed by atoms with Crippen molar-refractivity contribution in [1.29, 1.82) is 0 Å². The maximum atomic E-state index is 11.8. The number of furan rings is 1. The average Bonchev–Trinajstić information content (AvgIpc) is 2.77. The van der Waals surface area contributed by atoms with Crippen molar-refractivity contribution in [3.05, 3.63) is 47.9 Å². The minimum Gasteiger partial charge on any atom is -0.495 e. The zero-order valence-corrected chi connectivity index (χ0v) is 9.69. The highest BCUT2D eigenvalue weighted by atomic mass is 16.5. The van der Waals surface area contributed by atoms with Gasteiger partial charge in [-0.2, -0.15) is 0 Å². The van der Waals surface area contributed by atoms with Crippen LogP contribution in [0.1, 0.15) is 16.1 Å². The molecule has 1 aromatic heterocycles. The third-order valence-corrected chi connectivity index (χ3v) is 2.31. The van der Waals surface area contributed by atoms with Gasteiger partial charge in [-0.1, -0.05) is 12.1 Å². The molecule has 0 saturated carbocycles. The Labute approximate surface area is 99.2 Å². The quantitative estimate of drug-likeness (QED) is 0.883. The number of para-hydroxylation sites is 2. The molecule has 1 heterocycles. The third-order valence-electron chi connectivity index (χ3n) is 2.31. The highest BCUT2D eigenvalue weighted by Gasteiger charge is 2.12. The van der Waals surface area contributed by atoms with Gasteiger partial charge in [0.05, 0.1) is 19.1 Å².